The lowest BCUT2D eigenvalue weighted by Gasteiger charge is -2.22. The van der Waals surface area contributed by atoms with E-state index in [1.165, 1.54) is 6.07 Å². The lowest BCUT2D eigenvalue weighted by molar-refractivity contribution is -0.385. The van der Waals surface area contributed by atoms with Gasteiger partial charge in [0.15, 0.2) is 0 Å². The van der Waals surface area contributed by atoms with Crippen molar-refractivity contribution in [2.75, 3.05) is 11.9 Å². The molecule has 0 spiro atoms. The van der Waals surface area contributed by atoms with Gasteiger partial charge in [-0.2, -0.15) is 0 Å². The number of nitrogens with zero attached hydrogens (tertiary/aromatic N) is 1. The zero-order valence-corrected chi connectivity index (χ0v) is 10.8. The molecule has 0 aromatic heterocycles. The molecule has 6 nitrogen and oxygen atoms in total. The summed E-state index contributed by atoms with van der Waals surface area (Å²) >= 11 is 0. The van der Waals surface area contributed by atoms with Crippen molar-refractivity contribution in [1.82, 2.24) is 5.32 Å². The zero-order chi connectivity index (χ0) is 13.8. The van der Waals surface area contributed by atoms with Gasteiger partial charge in [-0.3, -0.25) is 14.9 Å². The number of nitrogens with one attached hydrogen (secondary N) is 2. The largest absolute Gasteiger partial charge is 0.324 e. The van der Waals surface area contributed by atoms with E-state index in [1.54, 1.807) is 19.1 Å². The van der Waals surface area contributed by atoms with Gasteiger partial charge in [-0.15, -0.1) is 0 Å². The summed E-state index contributed by atoms with van der Waals surface area (Å²) in [4.78, 5) is 22.5. The fourth-order valence-corrected chi connectivity index (χ4v) is 2.25. The number of nitro benzene ring substituents is 1. The van der Waals surface area contributed by atoms with E-state index < -0.39 is 4.92 Å². The summed E-state index contributed by atoms with van der Waals surface area (Å²) in [6, 6.07) is 4.49. The summed E-state index contributed by atoms with van der Waals surface area (Å²) in [6.45, 7) is 2.48. The number of amides is 1. The Labute approximate surface area is 111 Å². The molecule has 1 unspecified atom stereocenters. The van der Waals surface area contributed by atoms with Crippen molar-refractivity contribution in [3.8, 4) is 0 Å². The summed E-state index contributed by atoms with van der Waals surface area (Å²) in [6.07, 6.45) is 2.92. The third-order valence-corrected chi connectivity index (χ3v) is 3.39. The number of anilines is 1. The van der Waals surface area contributed by atoms with Crippen LogP contribution in [-0.2, 0) is 4.79 Å². The SMILES string of the molecule is Cc1c(NC(=O)C2CCCCN2)cccc1[N+](=O)[O-]. The third-order valence-electron chi connectivity index (χ3n) is 3.39. The van der Waals surface area contributed by atoms with E-state index in [0.29, 0.717) is 11.3 Å². The highest BCUT2D eigenvalue weighted by Crippen LogP contribution is 2.25. The molecule has 0 saturated carbocycles. The molecule has 1 aromatic carbocycles. The molecule has 2 N–H and O–H groups in total. The number of carbonyl (C=O) groups is 1. The summed E-state index contributed by atoms with van der Waals surface area (Å²) in [5.41, 5.74) is 1.01. The van der Waals surface area contributed by atoms with Crippen LogP contribution in [0.5, 0.6) is 0 Å². The van der Waals surface area contributed by atoms with Crippen molar-refractivity contribution >= 4 is 17.3 Å². The zero-order valence-electron chi connectivity index (χ0n) is 10.8. The Morgan fingerprint density at radius 1 is 1.47 bits per heavy atom. The van der Waals surface area contributed by atoms with Crippen LogP contribution in [0.4, 0.5) is 11.4 Å². The Hall–Kier alpha value is -1.95. The molecule has 1 fully saturated rings. The van der Waals surface area contributed by atoms with Crippen molar-refractivity contribution in [2.45, 2.75) is 32.2 Å². The average molecular weight is 263 g/mol. The minimum absolute atomic E-state index is 0.0226. The van der Waals surface area contributed by atoms with Crippen molar-refractivity contribution in [3.63, 3.8) is 0 Å². The molecule has 1 amide bonds. The highest BCUT2D eigenvalue weighted by atomic mass is 16.6. The van der Waals surface area contributed by atoms with Crippen LogP contribution in [0.25, 0.3) is 0 Å². The van der Waals surface area contributed by atoms with Gasteiger partial charge >= 0.3 is 0 Å². The van der Waals surface area contributed by atoms with Crippen LogP contribution in [0.1, 0.15) is 24.8 Å². The van der Waals surface area contributed by atoms with Crippen molar-refractivity contribution < 1.29 is 9.72 Å². The van der Waals surface area contributed by atoms with Crippen molar-refractivity contribution in [1.29, 1.82) is 0 Å². The predicted molar refractivity (Wildman–Crippen MR) is 72.1 cm³/mol. The maximum absolute atomic E-state index is 12.1. The van der Waals surface area contributed by atoms with Crippen molar-refractivity contribution in [2.24, 2.45) is 0 Å². The van der Waals surface area contributed by atoms with Crippen LogP contribution < -0.4 is 10.6 Å². The molecule has 2 rings (SSSR count). The second-order valence-corrected chi connectivity index (χ2v) is 4.70. The highest BCUT2D eigenvalue weighted by molar-refractivity contribution is 5.96. The Morgan fingerprint density at radius 2 is 2.26 bits per heavy atom. The number of benzene rings is 1. The monoisotopic (exact) mass is 263 g/mol. The second-order valence-electron chi connectivity index (χ2n) is 4.70. The Kier molecular flexibility index (Phi) is 4.11. The molecule has 0 bridgehead atoms. The molecular formula is C13H17N3O3. The smallest absolute Gasteiger partial charge is 0.274 e. The topological polar surface area (TPSA) is 84.3 Å². The number of hydrogen-bond acceptors (Lipinski definition) is 4. The summed E-state index contributed by atoms with van der Waals surface area (Å²) in [5.74, 6) is -0.122. The molecule has 1 aromatic rings. The van der Waals surface area contributed by atoms with Crippen molar-refractivity contribution in [3.05, 3.63) is 33.9 Å². The number of hydrogen-bond donors (Lipinski definition) is 2. The van der Waals surface area contributed by atoms with E-state index in [-0.39, 0.29) is 17.6 Å². The minimum atomic E-state index is -0.441. The molecule has 1 heterocycles. The van der Waals surface area contributed by atoms with Crippen LogP contribution >= 0.6 is 0 Å². The molecule has 0 aliphatic carbocycles. The van der Waals surface area contributed by atoms with Gasteiger partial charge in [0.05, 0.1) is 22.2 Å². The maximum atomic E-state index is 12.1. The summed E-state index contributed by atoms with van der Waals surface area (Å²) in [5, 5.41) is 16.8. The number of nitro groups is 1. The predicted octanol–water partition coefficient (Wildman–Crippen LogP) is 1.98. The van der Waals surface area contributed by atoms with Gasteiger partial charge in [0, 0.05) is 6.07 Å². The molecule has 6 heteroatoms. The first-order valence-electron chi connectivity index (χ1n) is 6.38. The normalized spacial score (nSPS) is 18.9. The van der Waals surface area contributed by atoms with Crippen LogP contribution in [0, 0.1) is 17.0 Å². The van der Waals surface area contributed by atoms with Gasteiger partial charge in [-0.05, 0) is 32.4 Å². The number of piperidine rings is 1. The van der Waals surface area contributed by atoms with E-state index in [9.17, 15) is 14.9 Å². The molecule has 19 heavy (non-hydrogen) atoms. The van der Waals surface area contributed by atoms with Crippen LogP contribution in [0.3, 0.4) is 0 Å². The molecule has 1 atom stereocenters. The first-order valence-corrected chi connectivity index (χ1v) is 6.38. The summed E-state index contributed by atoms with van der Waals surface area (Å²) in [7, 11) is 0. The highest BCUT2D eigenvalue weighted by Gasteiger charge is 2.22. The summed E-state index contributed by atoms with van der Waals surface area (Å²) < 4.78 is 0. The third kappa shape index (κ3) is 3.08. The van der Waals surface area contributed by atoms with E-state index in [1.807, 2.05) is 0 Å². The molecule has 1 aliphatic heterocycles. The Balaban J connectivity index is 2.12. The molecule has 0 radical (unpaired) electrons. The molecule has 102 valence electrons. The lowest BCUT2D eigenvalue weighted by Crippen LogP contribution is -2.43. The number of carbonyl (C=O) groups excluding carboxylic acids is 1. The van der Waals surface area contributed by atoms with E-state index in [0.717, 1.165) is 25.8 Å². The first kappa shape index (κ1) is 13.5. The lowest BCUT2D eigenvalue weighted by atomic mass is 10.0. The van der Waals surface area contributed by atoms with Gasteiger partial charge in [-0.1, -0.05) is 12.5 Å². The Morgan fingerprint density at radius 3 is 2.89 bits per heavy atom. The second kappa shape index (κ2) is 5.79. The van der Waals surface area contributed by atoms with E-state index in [4.69, 9.17) is 0 Å². The minimum Gasteiger partial charge on any atom is -0.324 e. The van der Waals surface area contributed by atoms with Crippen LogP contribution in [0.15, 0.2) is 18.2 Å². The van der Waals surface area contributed by atoms with Gasteiger partial charge < -0.3 is 10.6 Å². The number of rotatable bonds is 3. The fraction of sp³-hybridized carbons (Fsp3) is 0.462. The van der Waals surface area contributed by atoms with E-state index in [2.05, 4.69) is 10.6 Å². The van der Waals surface area contributed by atoms with Crippen LogP contribution in [0.2, 0.25) is 0 Å². The van der Waals surface area contributed by atoms with E-state index >= 15 is 0 Å². The quantitative estimate of drug-likeness (QED) is 0.645. The maximum Gasteiger partial charge on any atom is 0.274 e. The fourth-order valence-electron chi connectivity index (χ4n) is 2.25. The van der Waals surface area contributed by atoms with Gasteiger partial charge in [-0.25, -0.2) is 0 Å². The van der Waals surface area contributed by atoms with Gasteiger partial charge in [0.1, 0.15) is 0 Å². The van der Waals surface area contributed by atoms with Crippen LogP contribution in [-0.4, -0.2) is 23.4 Å². The standard InChI is InChI=1S/C13H17N3O3/c1-9-10(6-4-7-12(9)16(18)19)15-13(17)11-5-2-3-8-14-11/h4,6-7,11,14H,2-3,5,8H2,1H3,(H,15,17). The van der Waals surface area contributed by atoms with Gasteiger partial charge in [0.2, 0.25) is 5.91 Å². The first-order chi connectivity index (χ1) is 9.09. The Bertz CT molecular complexity index is 496. The molecular weight excluding hydrogens is 246 g/mol. The molecule has 1 aliphatic rings. The van der Waals surface area contributed by atoms with Gasteiger partial charge in [0.25, 0.3) is 5.69 Å². The molecule has 1 saturated heterocycles. The average Bonchev–Trinajstić information content (AvgIpc) is 2.41.